The van der Waals surface area contributed by atoms with Crippen LogP contribution in [0.3, 0.4) is 0 Å². The number of rotatable bonds is 6. The Hall–Kier alpha value is -3.61. The molecule has 6 heteroatoms. The number of fused-ring (bicyclic) bond motifs is 2. The Labute approximate surface area is 212 Å². The standard InChI is InChI=1S/C30H33N5O/c1-18(34(3)4)27-16-25(17-31-27)23-10-9-20-13-22(8-7-21(20)14-23)24-11-12-26-28(15-24)32-29(33-30(26)36)19(2)35(5)6/h7-15,17-19H,16H2,1-6H3,(H,32,33,36). The number of allylic oxidation sites excluding steroid dienone is 1. The molecule has 1 aliphatic rings. The molecule has 4 aromatic rings. The van der Waals surface area contributed by atoms with Gasteiger partial charge in [0, 0.05) is 24.4 Å². The van der Waals surface area contributed by atoms with Crippen molar-refractivity contribution in [1.82, 2.24) is 19.8 Å². The number of nitrogens with zero attached hydrogens (tertiary/aromatic N) is 4. The number of aliphatic imine (C=N–C) groups is 1. The summed E-state index contributed by atoms with van der Waals surface area (Å²) >= 11 is 0. The van der Waals surface area contributed by atoms with Crippen molar-refractivity contribution in [2.75, 3.05) is 28.2 Å². The lowest BCUT2D eigenvalue weighted by molar-refractivity contribution is 0.309. The van der Waals surface area contributed by atoms with Crippen molar-refractivity contribution in [2.45, 2.75) is 32.4 Å². The van der Waals surface area contributed by atoms with Crippen LogP contribution in [0.2, 0.25) is 0 Å². The van der Waals surface area contributed by atoms with Crippen molar-refractivity contribution in [1.29, 1.82) is 0 Å². The highest BCUT2D eigenvalue weighted by molar-refractivity contribution is 6.02. The number of aromatic amines is 1. The van der Waals surface area contributed by atoms with Crippen LogP contribution in [0.25, 0.3) is 38.4 Å². The molecule has 36 heavy (non-hydrogen) atoms. The van der Waals surface area contributed by atoms with Gasteiger partial charge in [-0.25, -0.2) is 4.98 Å². The maximum absolute atomic E-state index is 12.7. The van der Waals surface area contributed by atoms with Gasteiger partial charge in [-0.05, 0) is 99.3 Å². The monoisotopic (exact) mass is 479 g/mol. The molecule has 0 fully saturated rings. The summed E-state index contributed by atoms with van der Waals surface area (Å²) in [6, 6.07) is 19.4. The van der Waals surface area contributed by atoms with Gasteiger partial charge in [0.15, 0.2) is 0 Å². The maximum atomic E-state index is 12.7. The Morgan fingerprint density at radius 3 is 2.11 bits per heavy atom. The molecule has 0 saturated carbocycles. The van der Waals surface area contributed by atoms with Crippen molar-refractivity contribution in [3.05, 3.63) is 82.5 Å². The van der Waals surface area contributed by atoms with Crippen molar-refractivity contribution in [3.8, 4) is 11.1 Å². The lowest BCUT2D eigenvalue weighted by Crippen LogP contribution is -2.32. The van der Waals surface area contributed by atoms with E-state index in [1.54, 1.807) is 0 Å². The fraction of sp³-hybridized carbons (Fsp3) is 0.300. The highest BCUT2D eigenvalue weighted by atomic mass is 16.1. The Balaban J connectivity index is 1.45. The van der Waals surface area contributed by atoms with Crippen LogP contribution < -0.4 is 5.56 Å². The first kappa shape index (κ1) is 24.1. The molecule has 0 saturated heterocycles. The van der Waals surface area contributed by atoms with E-state index < -0.39 is 0 Å². The molecule has 2 atom stereocenters. The molecule has 3 aromatic carbocycles. The zero-order chi connectivity index (χ0) is 25.6. The first-order valence-corrected chi connectivity index (χ1v) is 12.4. The highest BCUT2D eigenvalue weighted by Crippen LogP contribution is 2.31. The number of benzene rings is 3. The van der Waals surface area contributed by atoms with Crippen LogP contribution in [0, 0.1) is 0 Å². The molecule has 0 radical (unpaired) electrons. The topological polar surface area (TPSA) is 64.6 Å². The number of aromatic nitrogens is 2. The second-order valence-electron chi connectivity index (χ2n) is 10.2. The minimum Gasteiger partial charge on any atom is -0.309 e. The lowest BCUT2D eigenvalue weighted by Gasteiger charge is -2.20. The molecule has 2 heterocycles. The van der Waals surface area contributed by atoms with Crippen LogP contribution in [-0.2, 0) is 0 Å². The summed E-state index contributed by atoms with van der Waals surface area (Å²) in [5, 5.41) is 2.98. The van der Waals surface area contributed by atoms with E-state index in [1.165, 1.54) is 27.6 Å². The van der Waals surface area contributed by atoms with Crippen LogP contribution in [-0.4, -0.2) is 59.7 Å². The van der Waals surface area contributed by atoms with Crippen molar-refractivity contribution in [3.63, 3.8) is 0 Å². The van der Waals surface area contributed by atoms with Gasteiger partial charge < -0.3 is 9.88 Å². The summed E-state index contributed by atoms with van der Waals surface area (Å²) in [5.74, 6) is 0.675. The molecule has 0 aliphatic carbocycles. The van der Waals surface area contributed by atoms with E-state index in [9.17, 15) is 4.79 Å². The van der Waals surface area contributed by atoms with Crippen LogP contribution in [0.4, 0.5) is 0 Å². The summed E-state index contributed by atoms with van der Waals surface area (Å²) in [6.07, 6.45) is 2.90. The Morgan fingerprint density at radius 2 is 1.42 bits per heavy atom. The van der Waals surface area contributed by atoms with Crippen molar-refractivity contribution in [2.24, 2.45) is 4.99 Å². The smallest absolute Gasteiger partial charge is 0.258 e. The van der Waals surface area contributed by atoms with E-state index in [4.69, 9.17) is 4.98 Å². The van der Waals surface area contributed by atoms with Crippen LogP contribution >= 0.6 is 0 Å². The van der Waals surface area contributed by atoms with Gasteiger partial charge in [0.25, 0.3) is 5.56 Å². The minimum atomic E-state index is -0.102. The average Bonchev–Trinajstić information content (AvgIpc) is 3.37. The van der Waals surface area contributed by atoms with Crippen LogP contribution in [0.15, 0.2) is 70.6 Å². The molecule has 2 unspecified atom stereocenters. The third kappa shape index (κ3) is 4.50. The first-order chi connectivity index (χ1) is 17.2. The summed E-state index contributed by atoms with van der Waals surface area (Å²) in [7, 11) is 8.13. The Morgan fingerprint density at radius 1 is 0.806 bits per heavy atom. The summed E-state index contributed by atoms with van der Waals surface area (Å²) in [6.45, 7) is 4.22. The van der Waals surface area contributed by atoms with Crippen LogP contribution in [0.5, 0.6) is 0 Å². The largest absolute Gasteiger partial charge is 0.309 e. The second kappa shape index (κ2) is 9.45. The van der Waals surface area contributed by atoms with Gasteiger partial charge in [0.05, 0.1) is 16.9 Å². The Bertz CT molecular complexity index is 1580. The molecule has 0 spiro atoms. The molecular weight excluding hydrogens is 446 g/mol. The average molecular weight is 480 g/mol. The van der Waals surface area contributed by atoms with Gasteiger partial charge in [-0.2, -0.15) is 0 Å². The fourth-order valence-corrected chi connectivity index (χ4v) is 4.58. The zero-order valence-electron chi connectivity index (χ0n) is 21.8. The second-order valence-corrected chi connectivity index (χ2v) is 10.2. The van der Waals surface area contributed by atoms with E-state index in [2.05, 4.69) is 72.3 Å². The molecule has 0 amide bonds. The van der Waals surface area contributed by atoms with Crippen molar-refractivity contribution >= 4 is 33.0 Å². The van der Waals surface area contributed by atoms with Gasteiger partial charge in [-0.15, -0.1) is 0 Å². The van der Waals surface area contributed by atoms with E-state index in [-0.39, 0.29) is 11.6 Å². The van der Waals surface area contributed by atoms with Gasteiger partial charge in [-0.3, -0.25) is 14.7 Å². The maximum Gasteiger partial charge on any atom is 0.258 e. The molecule has 1 N–H and O–H groups in total. The molecule has 6 nitrogen and oxygen atoms in total. The predicted octanol–water partition coefficient (Wildman–Crippen LogP) is 5.50. The quantitative estimate of drug-likeness (QED) is 0.397. The minimum absolute atomic E-state index is 0.0168. The third-order valence-electron chi connectivity index (χ3n) is 7.45. The van der Waals surface area contributed by atoms with Crippen LogP contribution in [0.1, 0.15) is 37.7 Å². The van der Waals surface area contributed by atoms with Gasteiger partial charge in [0.1, 0.15) is 5.82 Å². The third-order valence-corrected chi connectivity index (χ3v) is 7.45. The van der Waals surface area contributed by atoms with Gasteiger partial charge in [0.2, 0.25) is 0 Å². The lowest BCUT2D eigenvalue weighted by atomic mass is 9.95. The summed E-state index contributed by atoms with van der Waals surface area (Å²) < 4.78 is 0. The SMILES string of the molecule is CC(C1=NC=C(c2ccc3cc(-c4ccc5c(=O)[nH]c(C(C)N(C)C)nc5c4)ccc3c2)C1)N(C)C. The van der Waals surface area contributed by atoms with E-state index >= 15 is 0 Å². The normalized spacial score (nSPS) is 15.6. The van der Waals surface area contributed by atoms with Gasteiger partial charge in [-0.1, -0.05) is 30.3 Å². The van der Waals surface area contributed by atoms with E-state index in [0.29, 0.717) is 22.8 Å². The number of H-pyrrole nitrogens is 1. The zero-order valence-corrected chi connectivity index (χ0v) is 21.8. The van der Waals surface area contributed by atoms with Crippen molar-refractivity contribution < 1.29 is 0 Å². The number of hydrogen-bond acceptors (Lipinski definition) is 5. The molecular formula is C30H33N5O. The summed E-state index contributed by atoms with van der Waals surface area (Å²) in [5.41, 5.74) is 6.45. The highest BCUT2D eigenvalue weighted by Gasteiger charge is 2.19. The van der Waals surface area contributed by atoms with Gasteiger partial charge >= 0.3 is 0 Å². The number of hydrogen-bond donors (Lipinski definition) is 1. The first-order valence-electron chi connectivity index (χ1n) is 12.4. The van der Waals surface area contributed by atoms with E-state index in [1.807, 2.05) is 50.3 Å². The molecule has 0 bridgehead atoms. The molecule has 5 rings (SSSR count). The fourth-order valence-electron chi connectivity index (χ4n) is 4.58. The summed E-state index contributed by atoms with van der Waals surface area (Å²) in [4.78, 5) is 29.3. The molecule has 1 aromatic heterocycles. The van der Waals surface area contributed by atoms with E-state index in [0.717, 1.165) is 17.5 Å². The number of nitrogens with one attached hydrogen (secondary N) is 1. The molecule has 1 aliphatic heterocycles. The predicted molar refractivity (Wildman–Crippen MR) is 151 cm³/mol. The molecule has 184 valence electrons. The Kier molecular flexibility index (Phi) is 6.33.